The van der Waals surface area contributed by atoms with Gasteiger partial charge in [-0.05, 0) is 67.4 Å². The van der Waals surface area contributed by atoms with Crippen LogP contribution in [0.15, 0.2) is 54.6 Å². The molecule has 55 heavy (non-hydrogen) atoms. The van der Waals surface area contributed by atoms with Gasteiger partial charge in [-0.3, -0.25) is 29.3 Å². The quantitative estimate of drug-likeness (QED) is 0.0399. The summed E-state index contributed by atoms with van der Waals surface area (Å²) in [6, 6.07) is 14.0. The smallest absolute Gasteiger partial charge is 0.338 e. The lowest BCUT2D eigenvalue weighted by atomic mass is 10.1. The van der Waals surface area contributed by atoms with Crippen molar-refractivity contribution in [3.05, 3.63) is 87.0 Å². The van der Waals surface area contributed by atoms with E-state index in [0.29, 0.717) is 22.7 Å². The lowest BCUT2D eigenvalue weighted by Gasteiger charge is -2.26. The molecule has 0 saturated heterocycles. The van der Waals surface area contributed by atoms with Gasteiger partial charge in [0.05, 0.1) is 62.5 Å². The van der Waals surface area contributed by atoms with Gasteiger partial charge < -0.3 is 43.0 Å². The first-order chi connectivity index (χ1) is 26.3. The molecule has 0 heterocycles. The minimum atomic E-state index is -0.690. The molecule has 0 aliphatic rings. The molecule has 17 nitrogen and oxygen atoms in total. The van der Waals surface area contributed by atoms with E-state index in [1.54, 1.807) is 49.4 Å². The molecule has 17 heteroatoms. The molecule has 0 aliphatic carbocycles. The van der Waals surface area contributed by atoms with Gasteiger partial charge in [0.1, 0.15) is 50.9 Å². The summed E-state index contributed by atoms with van der Waals surface area (Å²) in [6.45, 7) is 2.24. The summed E-state index contributed by atoms with van der Waals surface area (Å²) in [5.41, 5.74) is 2.00. The normalized spacial score (nSPS) is 10.6. The first kappa shape index (κ1) is 42.8. The molecule has 0 radical (unpaired) electrons. The summed E-state index contributed by atoms with van der Waals surface area (Å²) in [7, 11) is 4.87. The third-order valence-corrected chi connectivity index (χ3v) is 7.76. The summed E-state index contributed by atoms with van der Waals surface area (Å²) in [5, 5.41) is 11.9. The fraction of sp³-hybridized carbons (Fsp3) is 0.342. The molecule has 0 N–H and O–H groups in total. The van der Waals surface area contributed by atoms with Crippen molar-refractivity contribution in [3.8, 4) is 11.5 Å². The number of methoxy groups -OCH3 is 4. The van der Waals surface area contributed by atoms with Crippen LogP contribution in [0.25, 0.3) is 12.2 Å². The van der Waals surface area contributed by atoms with Crippen LogP contribution in [0.1, 0.15) is 34.0 Å². The maximum Gasteiger partial charge on any atom is 0.338 e. The molecular formula is C38H43N3O14. The van der Waals surface area contributed by atoms with Crippen LogP contribution in [0.3, 0.4) is 0 Å². The highest BCUT2D eigenvalue weighted by Crippen LogP contribution is 2.33. The standard InChI is InChI=1S/C38H43N3O14/c1-7-53-38(46)28-13-12-27(31(20-28)41(47)48)11-9-26-10-15-30(40(23-36(44)51-5)24-37(45)52-6)33(19-26)55-17-16-54-32-18-25(2)8-14-29(32)39(21-34(42)49-3)22-35(43)50-4/h8-15,18-20H,7,16-17,21-24H2,1-6H3/b11-9+. The Balaban J connectivity index is 1.97. The van der Waals surface area contributed by atoms with Crippen LogP contribution < -0.4 is 19.3 Å². The zero-order valence-corrected chi connectivity index (χ0v) is 31.4. The molecule has 0 amide bonds. The van der Waals surface area contributed by atoms with Gasteiger partial charge in [0.2, 0.25) is 0 Å². The number of rotatable bonds is 20. The van der Waals surface area contributed by atoms with Crippen LogP contribution in [-0.4, -0.2) is 109 Å². The number of hydrogen-bond donors (Lipinski definition) is 0. The van der Waals surface area contributed by atoms with Gasteiger partial charge in [-0.1, -0.05) is 18.2 Å². The van der Waals surface area contributed by atoms with E-state index in [-0.39, 0.29) is 68.6 Å². The number of nitro benzene ring substituents is 1. The predicted molar refractivity (Wildman–Crippen MR) is 199 cm³/mol. The number of carbonyl (C=O) groups is 5. The van der Waals surface area contributed by atoms with E-state index >= 15 is 0 Å². The van der Waals surface area contributed by atoms with Gasteiger partial charge in [-0.2, -0.15) is 0 Å². The number of carbonyl (C=O) groups excluding carboxylic acids is 5. The molecule has 3 rings (SSSR count). The van der Waals surface area contributed by atoms with Crippen LogP contribution in [0.4, 0.5) is 17.1 Å². The number of anilines is 2. The van der Waals surface area contributed by atoms with E-state index < -0.39 is 34.8 Å². The third-order valence-electron chi connectivity index (χ3n) is 7.76. The second-order valence-corrected chi connectivity index (χ2v) is 11.5. The van der Waals surface area contributed by atoms with Gasteiger partial charge >= 0.3 is 29.8 Å². The Labute approximate surface area is 317 Å². The van der Waals surface area contributed by atoms with Gasteiger partial charge in [0.25, 0.3) is 5.69 Å². The summed E-state index contributed by atoms with van der Waals surface area (Å²) in [6.07, 6.45) is 3.07. The minimum absolute atomic E-state index is 0.0293. The Kier molecular flexibility index (Phi) is 16.4. The average Bonchev–Trinajstić information content (AvgIpc) is 3.17. The van der Waals surface area contributed by atoms with Crippen molar-refractivity contribution >= 4 is 59.1 Å². The molecule has 0 spiro atoms. The van der Waals surface area contributed by atoms with E-state index in [9.17, 15) is 34.1 Å². The summed E-state index contributed by atoms with van der Waals surface area (Å²) < 4.78 is 36.5. The number of nitro groups is 1. The number of hydrogen-bond acceptors (Lipinski definition) is 16. The second kappa shape index (κ2) is 21.2. The summed E-state index contributed by atoms with van der Waals surface area (Å²) in [4.78, 5) is 75.4. The topological polar surface area (TPSA) is 200 Å². The van der Waals surface area contributed by atoms with Crippen molar-refractivity contribution in [1.29, 1.82) is 0 Å². The highest BCUT2D eigenvalue weighted by molar-refractivity contribution is 5.91. The molecular weight excluding hydrogens is 722 g/mol. The van der Waals surface area contributed by atoms with E-state index in [1.807, 2.05) is 6.92 Å². The Bertz CT molecular complexity index is 1860. The second-order valence-electron chi connectivity index (χ2n) is 11.5. The molecule has 0 unspecified atom stereocenters. The van der Waals surface area contributed by atoms with E-state index in [2.05, 4.69) is 0 Å². The van der Waals surface area contributed by atoms with Crippen molar-refractivity contribution in [3.63, 3.8) is 0 Å². The van der Waals surface area contributed by atoms with E-state index in [4.69, 9.17) is 33.2 Å². The first-order valence-corrected chi connectivity index (χ1v) is 16.7. The molecule has 0 aliphatic heterocycles. The number of esters is 5. The fourth-order valence-electron chi connectivity index (χ4n) is 5.02. The van der Waals surface area contributed by atoms with Crippen molar-refractivity contribution in [2.75, 3.05) is 84.2 Å². The van der Waals surface area contributed by atoms with Crippen LogP contribution in [-0.2, 0) is 42.9 Å². The average molecular weight is 766 g/mol. The van der Waals surface area contributed by atoms with Gasteiger partial charge in [0.15, 0.2) is 0 Å². The summed E-state index contributed by atoms with van der Waals surface area (Å²) in [5.74, 6) is -2.62. The summed E-state index contributed by atoms with van der Waals surface area (Å²) >= 11 is 0. The zero-order valence-electron chi connectivity index (χ0n) is 31.4. The van der Waals surface area contributed by atoms with Crippen LogP contribution in [0.5, 0.6) is 11.5 Å². The van der Waals surface area contributed by atoms with Crippen molar-refractivity contribution in [1.82, 2.24) is 0 Å². The molecule has 0 atom stereocenters. The zero-order chi connectivity index (χ0) is 40.5. The highest BCUT2D eigenvalue weighted by Gasteiger charge is 2.23. The van der Waals surface area contributed by atoms with Crippen LogP contribution in [0.2, 0.25) is 0 Å². The molecule has 294 valence electrons. The molecule has 0 saturated carbocycles. The number of aryl methyl sites for hydroxylation is 1. The largest absolute Gasteiger partial charge is 0.488 e. The maximum absolute atomic E-state index is 12.4. The SMILES string of the molecule is CCOC(=O)c1ccc(/C=C/c2ccc(N(CC(=O)OC)CC(=O)OC)c(OCCOc3cc(C)ccc3N(CC(=O)OC)CC(=O)OC)c2)c([N+](=O)[O-])c1. The van der Waals surface area contributed by atoms with Gasteiger partial charge in [-0.25, -0.2) is 4.79 Å². The van der Waals surface area contributed by atoms with Gasteiger partial charge in [-0.15, -0.1) is 0 Å². The number of benzene rings is 3. The number of nitrogens with zero attached hydrogens (tertiary/aromatic N) is 3. The molecule has 3 aromatic rings. The Hall–Kier alpha value is -6.65. The maximum atomic E-state index is 12.4. The van der Waals surface area contributed by atoms with Crippen molar-refractivity contribution in [2.45, 2.75) is 13.8 Å². The Morgan fingerprint density at radius 2 is 1.16 bits per heavy atom. The molecule has 0 aromatic heterocycles. The minimum Gasteiger partial charge on any atom is -0.488 e. The Morgan fingerprint density at radius 1 is 0.673 bits per heavy atom. The molecule has 0 bridgehead atoms. The number of ether oxygens (including phenoxy) is 7. The molecule has 3 aromatic carbocycles. The molecule has 0 fully saturated rings. The van der Waals surface area contributed by atoms with Gasteiger partial charge in [0, 0.05) is 6.07 Å². The fourth-order valence-corrected chi connectivity index (χ4v) is 5.02. The monoisotopic (exact) mass is 765 g/mol. The van der Waals surface area contributed by atoms with Crippen molar-refractivity contribution in [2.24, 2.45) is 0 Å². The first-order valence-electron chi connectivity index (χ1n) is 16.7. The lowest BCUT2D eigenvalue weighted by molar-refractivity contribution is -0.385. The van der Waals surface area contributed by atoms with Crippen LogP contribution >= 0.6 is 0 Å². The van der Waals surface area contributed by atoms with Crippen molar-refractivity contribution < 1.29 is 62.1 Å². The predicted octanol–water partition coefficient (Wildman–Crippen LogP) is 4.01. The van der Waals surface area contributed by atoms with E-state index in [0.717, 1.165) is 11.6 Å². The third kappa shape index (κ3) is 12.8. The lowest BCUT2D eigenvalue weighted by Crippen LogP contribution is -2.36. The Morgan fingerprint density at radius 3 is 1.64 bits per heavy atom. The van der Waals surface area contributed by atoms with E-state index in [1.165, 1.54) is 56.4 Å². The van der Waals surface area contributed by atoms with Crippen LogP contribution in [0, 0.1) is 17.0 Å². The highest BCUT2D eigenvalue weighted by atomic mass is 16.6.